The Morgan fingerprint density at radius 1 is 0.867 bits per heavy atom. The summed E-state index contributed by atoms with van der Waals surface area (Å²) in [6.45, 7) is 3.73. The van der Waals surface area contributed by atoms with Gasteiger partial charge in [0, 0.05) is 12.8 Å². The number of dihydropyridines is 1. The smallest absolute Gasteiger partial charge is 0.232 e. The summed E-state index contributed by atoms with van der Waals surface area (Å²) in [6.07, 6.45) is 25.0. The summed E-state index contributed by atoms with van der Waals surface area (Å²) in [5, 5.41) is 0. The van der Waals surface area contributed by atoms with E-state index in [-0.39, 0.29) is 12.1 Å². The van der Waals surface area contributed by atoms with Crippen LogP contribution in [-0.2, 0) is 4.74 Å². The maximum Gasteiger partial charge on any atom is 0.232 e. The molecule has 2 unspecified atom stereocenters. The van der Waals surface area contributed by atoms with Crippen molar-refractivity contribution >= 4 is 6.21 Å². The number of unbranched alkanes of at least 4 members (excludes halogenated alkanes) is 7. The van der Waals surface area contributed by atoms with Crippen molar-refractivity contribution in [3.63, 3.8) is 0 Å². The minimum absolute atomic E-state index is 0.0578. The van der Waals surface area contributed by atoms with Gasteiger partial charge in [-0.1, -0.05) is 77.2 Å². The van der Waals surface area contributed by atoms with Gasteiger partial charge in [0.2, 0.25) is 5.88 Å². The lowest BCUT2D eigenvalue weighted by Gasteiger charge is -2.16. The molecule has 166 valence electrons. The van der Waals surface area contributed by atoms with Gasteiger partial charge >= 0.3 is 0 Å². The van der Waals surface area contributed by atoms with Gasteiger partial charge in [0.05, 0.1) is 30.6 Å². The second-order valence-corrected chi connectivity index (χ2v) is 8.66. The molecular formula is C25H39N3O2. The van der Waals surface area contributed by atoms with Gasteiger partial charge in [-0.25, -0.2) is 4.98 Å². The fourth-order valence-corrected chi connectivity index (χ4v) is 3.72. The van der Waals surface area contributed by atoms with Crippen molar-refractivity contribution in [1.82, 2.24) is 9.97 Å². The molecule has 1 aliphatic carbocycles. The molecule has 0 amide bonds. The molecule has 2 atom stereocenters. The van der Waals surface area contributed by atoms with Crippen LogP contribution in [0.25, 0.3) is 0 Å². The third-order valence-corrected chi connectivity index (χ3v) is 5.86. The Kier molecular flexibility index (Phi) is 10.3. The first-order chi connectivity index (χ1) is 14.8. The summed E-state index contributed by atoms with van der Waals surface area (Å²) < 4.78 is 11.6. The van der Waals surface area contributed by atoms with Crippen molar-refractivity contribution in [2.75, 3.05) is 13.2 Å². The van der Waals surface area contributed by atoms with E-state index in [9.17, 15) is 0 Å². The Balaban J connectivity index is 1.27. The van der Waals surface area contributed by atoms with Gasteiger partial charge in [0.15, 0.2) is 6.23 Å². The Bertz CT molecular complexity index is 626. The van der Waals surface area contributed by atoms with Crippen LogP contribution < -0.4 is 4.74 Å². The normalized spacial score (nSPS) is 20.6. The van der Waals surface area contributed by atoms with E-state index in [2.05, 4.69) is 28.0 Å². The fraction of sp³-hybridized carbons (Fsp3) is 0.720. The van der Waals surface area contributed by atoms with E-state index in [1.165, 1.54) is 64.2 Å². The fourth-order valence-electron chi connectivity index (χ4n) is 3.72. The highest BCUT2D eigenvalue weighted by atomic mass is 16.5. The molecule has 0 saturated heterocycles. The first-order valence-corrected chi connectivity index (χ1v) is 12.1. The molecule has 0 spiro atoms. The molecule has 1 aromatic rings. The van der Waals surface area contributed by atoms with Crippen LogP contribution in [0.4, 0.5) is 0 Å². The molecular weight excluding hydrogens is 374 g/mol. The van der Waals surface area contributed by atoms with E-state index in [0.717, 1.165) is 37.7 Å². The van der Waals surface area contributed by atoms with Crippen molar-refractivity contribution in [2.24, 2.45) is 10.9 Å². The summed E-state index contributed by atoms with van der Waals surface area (Å²) >= 11 is 0. The van der Waals surface area contributed by atoms with Crippen molar-refractivity contribution in [3.05, 3.63) is 30.2 Å². The molecule has 5 nitrogen and oxygen atoms in total. The van der Waals surface area contributed by atoms with Crippen LogP contribution in [0, 0.1) is 5.92 Å². The first kappa shape index (κ1) is 22.9. The van der Waals surface area contributed by atoms with E-state index in [0.29, 0.717) is 5.88 Å². The first-order valence-electron chi connectivity index (χ1n) is 12.1. The maximum atomic E-state index is 5.82. The summed E-state index contributed by atoms with van der Waals surface area (Å²) in [4.78, 5) is 13.4. The van der Waals surface area contributed by atoms with E-state index in [1.54, 1.807) is 12.4 Å². The van der Waals surface area contributed by atoms with Crippen LogP contribution >= 0.6 is 0 Å². The number of hydrogen-bond acceptors (Lipinski definition) is 5. The summed E-state index contributed by atoms with van der Waals surface area (Å²) in [5.41, 5.74) is 0.889. The quantitative estimate of drug-likeness (QED) is 0.237. The zero-order valence-corrected chi connectivity index (χ0v) is 18.7. The number of aromatic nitrogens is 2. The molecule has 1 aromatic heterocycles. The van der Waals surface area contributed by atoms with Gasteiger partial charge in [-0.3, -0.25) is 9.98 Å². The molecule has 5 heteroatoms. The third-order valence-electron chi connectivity index (χ3n) is 5.86. The average molecular weight is 414 g/mol. The van der Waals surface area contributed by atoms with Crippen LogP contribution in [0.3, 0.4) is 0 Å². The van der Waals surface area contributed by atoms with Crippen LogP contribution in [-0.4, -0.2) is 35.6 Å². The monoisotopic (exact) mass is 413 g/mol. The SMILES string of the molecule is CCCCCCCOC1C=CC(c2cnc(OCCCCCCC3CC3)cn2)C=N1. The minimum atomic E-state index is -0.160. The van der Waals surface area contributed by atoms with Crippen LogP contribution in [0.15, 0.2) is 29.5 Å². The van der Waals surface area contributed by atoms with Crippen LogP contribution in [0.1, 0.15) is 95.6 Å². The van der Waals surface area contributed by atoms with Crippen molar-refractivity contribution in [1.29, 1.82) is 0 Å². The highest BCUT2D eigenvalue weighted by Gasteiger charge is 2.19. The zero-order chi connectivity index (χ0) is 20.9. The molecule has 0 aromatic carbocycles. The number of allylic oxidation sites excluding steroid dienone is 1. The van der Waals surface area contributed by atoms with Crippen LogP contribution in [0.5, 0.6) is 5.88 Å². The van der Waals surface area contributed by atoms with Gasteiger partial charge < -0.3 is 9.47 Å². The van der Waals surface area contributed by atoms with Gasteiger partial charge in [-0.15, -0.1) is 0 Å². The summed E-state index contributed by atoms with van der Waals surface area (Å²) in [7, 11) is 0. The molecule has 1 saturated carbocycles. The van der Waals surface area contributed by atoms with Crippen molar-refractivity contribution in [3.8, 4) is 5.88 Å². The predicted molar refractivity (Wildman–Crippen MR) is 122 cm³/mol. The Labute approximate surface area is 182 Å². The minimum Gasteiger partial charge on any atom is -0.477 e. The Morgan fingerprint density at radius 2 is 1.67 bits per heavy atom. The number of ether oxygens (including phenoxy) is 2. The maximum absolute atomic E-state index is 5.82. The largest absolute Gasteiger partial charge is 0.477 e. The van der Waals surface area contributed by atoms with Gasteiger partial charge in [-0.05, 0) is 24.8 Å². The zero-order valence-electron chi connectivity index (χ0n) is 18.7. The third kappa shape index (κ3) is 8.95. The standard InChI is InChI=1S/C25H39N3O2/c1-2-3-4-6-9-16-29-24-15-14-22(18-27-24)23-19-28-25(20-26-23)30-17-10-7-5-8-11-21-12-13-21/h14-15,18-22,24H,2-13,16-17H2,1H3. The topological polar surface area (TPSA) is 56.6 Å². The molecule has 2 aliphatic rings. The molecule has 2 heterocycles. The van der Waals surface area contributed by atoms with Crippen molar-refractivity contribution < 1.29 is 9.47 Å². The van der Waals surface area contributed by atoms with Crippen molar-refractivity contribution in [2.45, 2.75) is 96.1 Å². The molecule has 3 rings (SSSR count). The predicted octanol–water partition coefficient (Wildman–Crippen LogP) is 6.25. The second-order valence-electron chi connectivity index (χ2n) is 8.66. The number of nitrogens with zero attached hydrogens (tertiary/aromatic N) is 3. The van der Waals surface area contributed by atoms with Gasteiger partial charge in [0.25, 0.3) is 0 Å². The number of aliphatic imine (C=N–C) groups is 1. The van der Waals surface area contributed by atoms with Gasteiger partial charge in [-0.2, -0.15) is 0 Å². The Morgan fingerprint density at radius 3 is 2.37 bits per heavy atom. The molecule has 30 heavy (non-hydrogen) atoms. The second kappa shape index (κ2) is 13.5. The van der Waals surface area contributed by atoms with E-state index in [1.807, 2.05) is 12.3 Å². The summed E-state index contributed by atoms with van der Waals surface area (Å²) in [6, 6.07) is 0. The molecule has 0 N–H and O–H groups in total. The molecule has 0 radical (unpaired) electrons. The molecule has 1 aliphatic heterocycles. The molecule has 1 fully saturated rings. The average Bonchev–Trinajstić information content (AvgIpc) is 3.61. The van der Waals surface area contributed by atoms with E-state index < -0.39 is 0 Å². The van der Waals surface area contributed by atoms with Gasteiger partial charge in [0.1, 0.15) is 0 Å². The van der Waals surface area contributed by atoms with Crippen LogP contribution in [0.2, 0.25) is 0 Å². The lowest BCUT2D eigenvalue weighted by molar-refractivity contribution is 0.0870. The highest BCUT2D eigenvalue weighted by molar-refractivity contribution is 5.71. The van der Waals surface area contributed by atoms with E-state index >= 15 is 0 Å². The molecule has 0 bridgehead atoms. The summed E-state index contributed by atoms with van der Waals surface area (Å²) in [5.74, 6) is 1.72. The lowest BCUT2D eigenvalue weighted by Crippen LogP contribution is -2.15. The van der Waals surface area contributed by atoms with E-state index in [4.69, 9.17) is 9.47 Å². The highest BCUT2D eigenvalue weighted by Crippen LogP contribution is 2.34. The Hall–Kier alpha value is -1.75. The number of hydrogen-bond donors (Lipinski definition) is 0. The number of rotatable bonds is 16. The lowest BCUT2D eigenvalue weighted by atomic mass is 10.1.